The maximum Gasteiger partial charge on any atom is 0.273 e. The maximum atomic E-state index is 12.9. The molecule has 1 unspecified atom stereocenters. The predicted molar refractivity (Wildman–Crippen MR) is 98.0 cm³/mol. The Morgan fingerprint density at radius 1 is 1.27 bits per heavy atom. The van der Waals surface area contributed by atoms with Gasteiger partial charge in [-0.3, -0.25) is 14.9 Å². The molecule has 1 N–H and O–H groups in total. The lowest BCUT2D eigenvalue weighted by molar-refractivity contribution is 0.0744. The molecule has 0 spiro atoms. The zero-order valence-electron chi connectivity index (χ0n) is 14.8. The van der Waals surface area contributed by atoms with Crippen LogP contribution in [0.15, 0.2) is 48.8 Å². The molecule has 1 aliphatic rings. The number of hydrogen-bond acceptors (Lipinski definition) is 4. The van der Waals surface area contributed by atoms with Crippen LogP contribution in [-0.2, 0) is 0 Å². The molecule has 2 aromatic heterocycles. The number of pyridine rings is 1. The third-order valence-corrected chi connectivity index (χ3v) is 4.67. The van der Waals surface area contributed by atoms with E-state index in [0.717, 1.165) is 34.6 Å². The van der Waals surface area contributed by atoms with Gasteiger partial charge < -0.3 is 9.64 Å². The number of rotatable bonds is 5. The van der Waals surface area contributed by atoms with Gasteiger partial charge >= 0.3 is 0 Å². The first-order chi connectivity index (χ1) is 12.7. The molecule has 3 aromatic rings. The minimum atomic E-state index is -0.189. The van der Waals surface area contributed by atoms with Crippen molar-refractivity contribution in [2.75, 3.05) is 13.7 Å². The lowest BCUT2D eigenvalue weighted by Gasteiger charge is -2.25. The van der Waals surface area contributed by atoms with E-state index in [-0.39, 0.29) is 11.9 Å². The fraction of sp³-hybridized carbons (Fsp3) is 0.250. The van der Waals surface area contributed by atoms with Crippen molar-refractivity contribution in [2.24, 2.45) is 0 Å². The van der Waals surface area contributed by atoms with E-state index in [1.165, 1.54) is 0 Å². The van der Waals surface area contributed by atoms with E-state index in [0.29, 0.717) is 12.2 Å². The van der Waals surface area contributed by atoms with E-state index < -0.39 is 0 Å². The lowest BCUT2D eigenvalue weighted by Crippen LogP contribution is -2.30. The normalized spacial score (nSPS) is 16.0. The van der Waals surface area contributed by atoms with Crippen molar-refractivity contribution in [3.63, 3.8) is 0 Å². The van der Waals surface area contributed by atoms with Crippen LogP contribution in [0, 0.1) is 0 Å². The molecule has 1 aliphatic heterocycles. The summed E-state index contributed by atoms with van der Waals surface area (Å²) in [6, 6.07) is 11.4. The number of hydrogen-bond donors (Lipinski definition) is 1. The largest absolute Gasteiger partial charge is 0.497 e. The van der Waals surface area contributed by atoms with Gasteiger partial charge in [-0.15, -0.1) is 0 Å². The van der Waals surface area contributed by atoms with E-state index in [2.05, 4.69) is 22.1 Å². The minimum Gasteiger partial charge on any atom is -0.497 e. The summed E-state index contributed by atoms with van der Waals surface area (Å²) in [5.74, 6) is 0.740. The molecule has 6 heteroatoms. The van der Waals surface area contributed by atoms with E-state index in [1.54, 1.807) is 13.3 Å². The molecule has 26 heavy (non-hydrogen) atoms. The van der Waals surface area contributed by atoms with Gasteiger partial charge in [-0.25, -0.2) is 0 Å². The van der Waals surface area contributed by atoms with Crippen LogP contribution in [0.25, 0.3) is 11.3 Å². The molecule has 1 amide bonds. The van der Waals surface area contributed by atoms with Crippen molar-refractivity contribution in [2.45, 2.75) is 19.4 Å². The first-order valence-electron chi connectivity index (χ1n) is 8.68. The molecule has 0 radical (unpaired) electrons. The third-order valence-electron chi connectivity index (χ3n) is 4.67. The van der Waals surface area contributed by atoms with Gasteiger partial charge in [-0.05, 0) is 30.2 Å². The highest BCUT2D eigenvalue weighted by Gasteiger charge is 2.41. The summed E-state index contributed by atoms with van der Waals surface area (Å²) in [6.45, 7) is 2.75. The van der Waals surface area contributed by atoms with Gasteiger partial charge in [0.25, 0.3) is 5.91 Å². The average Bonchev–Trinajstić information content (AvgIpc) is 3.23. The number of benzene rings is 1. The molecule has 0 saturated carbocycles. The molecular formula is C20H20N4O2. The van der Waals surface area contributed by atoms with E-state index in [4.69, 9.17) is 4.74 Å². The second kappa shape index (κ2) is 6.63. The Hall–Kier alpha value is -3.15. The van der Waals surface area contributed by atoms with Gasteiger partial charge in [0.15, 0.2) is 0 Å². The molecule has 1 aromatic carbocycles. The molecular weight excluding hydrogens is 328 g/mol. The van der Waals surface area contributed by atoms with Gasteiger partial charge in [0.1, 0.15) is 11.4 Å². The van der Waals surface area contributed by atoms with Crippen molar-refractivity contribution in [1.29, 1.82) is 0 Å². The number of aromatic amines is 1. The topological polar surface area (TPSA) is 71.1 Å². The van der Waals surface area contributed by atoms with Crippen molar-refractivity contribution in [1.82, 2.24) is 20.1 Å². The molecule has 0 bridgehead atoms. The molecule has 3 heterocycles. The first-order valence-corrected chi connectivity index (χ1v) is 8.68. The Kier molecular flexibility index (Phi) is 4.16. The summed E-state index contributed by atoms with van der Waals surface area (Å²) in [7, 11) is 1.64. The van der Waals surface area contributed by atoms with Gasteiger partial charge in [0.05, 0.1) is 18.8 Å². The highest BCUT2D eigenvalue weighted by Crippen LogP contribution is 2.42. The number of aromatic nitrogens is 3. The summed E-state index contributed by atoms with van der Waals surface area (Å²) in [5.41, 5.74) is 4.15. The predicted octanol–water partition coefficient (Wildman–Crippen LogP) is 3.44. The van der Waals surface area contributed by atoms with Crippen molar-refractivity contribution in [3.8, 4) is 17.0 Å². The second-order valence-electron chi connectivity index (χ2n) is 6.28. The molecule has 6 nitrogen and oxygen atoms in total. The van der Waals surface area contributed by atoms with Crippen LogP contribution in [0.2, 0.25) is 0 Å². The molecule has 4 rings (SSSR count). The number of methoxy groups -OCH3 is 1. The number of fused-ring (bicyclic) bond motifs is 1. The Bertz CT molecular complexity index is 936. The second-order valence-corrected chi connectivity index (χ2v) is 6.28. The van der Waals surface area contributed by atoms with Crippen molar-refractivity contribution in [3.05, 3.63) is 65.6 Å². The monoisotopic (exact) mass is 348 g/mol. The number of amides is 1. The van der Waals surface area contributed by atoms with Crippen LogP contribution in [0.4, 0.5) is 0 Å². The third kappa shape index (κ3) is 2.54. The lowest BCUT2D eigenvalue weighted by atomic mass is 9.97. The number of ether oxygens (including phenoxy) is 1. The van der Waals surface area contributed by atoms with Crippen molar-refractivity contribution >= 4 is 5.91 Å². The number of carbonyl (C=O) groups excluding carboxylic acids is 1. The van der Waals surface area contributed by atoms with Crippen LogP contribution in [0.1, 0.15) is 41.0 Å². The Morgan fingerprint density at radius 2 is 2.15 bits per heavy atom. The summed E-state index contributed by atoms with van der Waals surface area (Å²) in [6.07, 6.45) is 4.44. The highest BCUT2D eigenvalue weighted by atomic mass is 16.5. The first kappa shape index (κ1) is 16.3. The molecule has 0 fully saturated rings. The highest BCUT2D eigenvalue weighted by molar-refractivity contribution is 6.00. The fourth-order valence-corrected chi connectivity index (χ4v) is 3.54. The van der Waals surface area contributed by atoms with Gasteiger partial charge in [-0.2, -0.15) is 5.10 Å². The summed E-state index contributed by atoms with van der Waals surface area (Å²) in [5, 5.41) is 7.41. The number of nitrogens with one attached hydrogen (secondary N) is 1. The smallest absolute Gasteiger partial charge is 0.273 e. The fourth-order valence-electron chi connectivity index (χ4n) is 3.54. The van der Waals surface area contributed by atoms with Crippen molar-refractivity contribution < 1.29 is 9.53 Å². The Morgan fingerprint density at radius 3 is 2.88 bits per heavy atom. The summed E-state index contributed by atoms with van der Waals surface area (Å²) >= 11 is 0. The van der Waals surface area contributed by atoms with Gasteiger partial charge in [0, 0.05) is 30.1 Å². The zero-order chi connectivity index (χ0) is 18.1. The summed E-state index contributed by atoms with van der Waals surface area (Å²) < 4.78 is 5.34. The number of H-pyrrole nitrogens is 1. The Balaban J connectivity index is 1.88. The quantitative estimate of drug-likeness (QED) is 0.767. The molecule has 1 atom stereocenters. The standard InChI is InChI=1S/C20H20N4O2/c1-3-10-24-19(14-7-5-9-21-12-14)16-17(22-23-18(16)20(24)25)13-6-4-8-15(11-13)26-2/h4-9,11-12,19H,3,10H2,1-2H3,(H,22,23). The van der Waals surface area contributed by atoms with Crippen LogP contribution in [0.3, 0.4) is 0 Å². The van der Waals surface area contributed by atoms with Gasteiger partial charge in [0.2, 0.25) is 0 Å². The minimum absolute atomic E-state index is 0.0163. The van der Waals surface area contributed by atoms with Crippen LogP contribution in [-0.4, -0.2) is 39.6 Å². The number of nitrogens with zero attached hydrogens (tertiary/aromatic N) is 3. The molecule has 132 valence electrons. The average molecular weight is 348 g/mol. The molecule has 0 saturated heterocycles. The van der Waals surface area contributed by atoms with Gasteiger partial charge in [-0.1, -0.05) is 25.1 Å². The maximum absolute atomic E-state index is 12.9. The van der Waals surface area contributed by atoms with Crippen LogP contribution < -0.4 is 4.74 Å². The zero-order valence-corrected chi connectivity index (χ0v) is 14.8. The van der Waals surface area contributed by atoms with E-state index in [9.17, 15) is 4.79 Å². The molecule has 0 aliphatic carbocycles. The van der Waals surface area contributed by atoms with E-state index in [1.807, 2.05) is 47.5 Å². The Labute approximate surface area is 151 Å². The SMILES string of the molecule is CCCN1C(=O)c2[nH]nc(-c3cccc(OC)c3)c2C1c1cccnc1. The van der Waals surface area contributed by atoms with Crippen LogP contribution >= 0.6 is 0 Å². The van der Waals surface area contributed by atoms with Crippen LogP contribution in [0.5, 0.6) is 5.75 Å². The summed E-state index contributed by atoms with van der Waals surface area (Å²) in [4.78, 5) is 19.1. The van der Waals surface area contributed by atoms with E-state index >= 15 is 0 Å². The number of carbonyl (C=O) groups is 1.